The van der Waals surface area contributed by atoms with Gasteiger partial charge in [-0.2, -0.15) is 4.31 Å². The lowest BCUT2D eigenvalue weighted by Gasteiger charge is -2.17. The van der Waals surface area contributed by atoms with Crippen LogP contribution in [0.4, 0.5) is 0 Å². The van der Waals surface area contributed by atoms with Gasteiger partial charge in [-0.1, -0.05) is 42.5 Å². The van der Waals surface area contributed by atoms with Gasteiger partial charge in [-0.3, -0.25) is 4.98 Å². The van der Waals surface area contributed by atoms with Crippen molar-refractivity contribution in [2.45, 2.75) is 11.4 Å². The normalized spacial score (nSPS) is 11.6. The molecule has 3 rings (SSSR count). The van der Waals surface area contributed by atoms with E-state index in [1.165, 1.54) is 4.31 Å². The first kappa shape index (κ1) is 16.4. The topological polar surface area (TPSA) is 50.3 Å². The minimum absolute atomic E-state index is 0.290. The van der Waals surface area contributed by atoms with E-state index >= 15 is 0 Å². The van der Waals surface area contributed by atoms with Crippen molar-refractivity contribution in [3.63, 3.8) is 0 Å². The first-order valence-electron chi connectivity index (χ1n) is 7.58. The second kappa shape index (κ2) is 6.95. The summed E-state index contributed by atoms with van der Waals surface area (Å²) < 4.78 is 26.8. The van der Waals surface area contributed by atoms with Crippen LogP contribution in [0.2, 0.25) is 0 Å². The van der Waals surface area contributed by atoms with Crippen LogP contribution in [0.5, 0.6) is 0 Å². The van der Waals surface area contributed by atoms with Gasteiger partial charge in [0, 0.05) is 26.0 Å². The highest BCUT2D eigenvalue weighted by Gasteiger charge is 2.20. The fourth-order valence-electron chi connectivity index (χ4n) is 2.47. The van der Waals surface area contributed by atoms with E-state index in [1.54, 1.807) is 31.6 Å². The molecule has 4 nitrogen and oxygen atoms in total. The summed E-state index contributed by atoms with van der Waals surface area (Å²) in [4.78, 5) is 4.28. The van der Waals surface area contributed by atoms with Gasteiger partial charge in [0.2, 0.25) is 10.0 Å². The maximum Gasteiger partial charge on any atom is 0.243 e. The minimum Gasteiger partial charge on any atom is -0.265 e. The minimum atomic E-state index is -3.52. The quantitative estimate of drug-likeness (QED) is 0.714. The standard InChI is InChI=1S/C19H18N2O2S/c1-21(15-16-5-3-2-4-6-16)24(22,23)19-9-7-17(8-10-19)18-11-13-20-14-12-18/h2-14H,15H2,1H3. The number of benzene rings is 2. The molecule has 2 aromatic carbocycles. The molecule has 0 aliphatic heterocycles. The molecular formula is C19H18N2O2S. The molecule has 24 heavy (non-hydrogen) atoms. The van der Waals surface area contributed by atoms with Gasteiger partial charge in [0.05, 0.1) is 4.90 Å². The first-order valence-corrected chi connectivity index (χ1v) is 9.02. The summed E-state index contributed by atoms with van der Waals surface area (Å²) in [5.74, 6) is 0. The van der Waals surface area contributed by atoms with E-state index in [2.05, 4.69) is 4.98 Å². The van der Waals surface area contributed by atoms with Crippen molar-refractivity contribution in [1.82, 2.24) is 9.29 Å². The average molecular weight is 338 g/mol. The third-order valence-corrected chi connectivity index (χ3v) is 5.64. The number of sulfonamides is 1. The number of nitrogens with zero attached hydrogens (tertiary/aromatic N) is 2. The van der Waals surface area contributed by atoms with Crippen molar-refractivity contribution in [2.24, 2.45) is 0 Å². The van der Waals surface area contributed by atoms with Crippen molar-refractivity contribution < 1.29 is 8.42 Å². The monoisotopic (exact) mass is 338 g/mol. The van der Waals surface area contributed by atoms with Crippen molar-refractivity contribution in [3.8, 4) is 11.1 Å². The molecule has 1 aromatic heterocycles. The van der Waals surface area contributed by atoms with E-state index in [1.807, 2.05) is 54.6 Å². The third kappa shape index (κ3) is 3.53. The molecule has 0 aliphatic carbocycles. The van der Waals surface area contributed by atoms with Gasteiger partial charge in [0.1, 0.15) is 0 Å². The Hall–Kier alpha value is -2.50. The maximum atomic E-state index is 12.7. The lowest BCUT2D eigenvalue weighted by molar-refractivity contribution is 0.467. The van der Waals surface area contributed by atoms with E-state index in [0.29, 0.717) is 11.4 Å². The summed E-state index contributed by atoms with van der Waals surface area (Å²) >= 11 is 0. The molecule has 0 unspecified atom stereocenters. The molecule has 0 atom stereocenters. The fourth-order valence-corrected chi connectivity index (χ4v) is 3.63. The summed E-state index contributed by atoms with van der Waals surface area (Å²) in [6, 6.07) is 20.3. The van der Waals surface area contributed by atoms with Crippen LogP contribution in [0.1, 0.15) is 5.56 Å². The fraction of sp³-hybridized carbons (Fsp3) is 0.105. The first-order chi connectivity index (χ1) is 11.6. The van der Waals surface area contributed by atoms with Gasteiger partial charge in [-0.15, -0.1) is 0 Å². The van der Waals surface area contributed by atoms with E-state index in [-0.39, 0.29) is 0 Å². The van der Waals surface area contributed by atoms with Gasteiger partial charge in [-0.25, -0.2) is 8.42 Å². The molecule has 5 heteroatoms. The predicted octanol–water partition coefficient (Wildman–Crippen LogP) is 3.57. The molecule has 0 aliphatic rings. The largest absolute Gasteiger partial charge is 0.265 e. The van der Waals surface area contributed by atoms with Crippen LogP contribution in [0, 0.1) is 0 Å². The Bertz CT molecular complexity index is 893. The molecule has 0 spiro atoms. The van der Waals surface area contributed by atoms with Crippen LogP contribution in [0.3, 0.4) is 0 Å². The molecule has 0 N–H and O–H groups in total. The Morgan fingerprint density at radius 1 is 0.833 bits per heavy atom. The predicted molar refractivity (Wildman–Crippen MR) is 94.8 cm³/mol. The van der Waals surface area contributed by atoms with Crippen LogP contribution in [-0.2, 0) is 16.6 Å². The highest BCUT2D eigenvalue weighted by Crippen LogP contribution is 2.22. The van der Waals surface area contributed by atoms with Crippen LogP contribution < -0.4 is 0 Å². The molecule has 1 heterocycles. The highest BCUT2D eigenvalue weighted by molar-refractivity contribution is 7.89. The van der Waals surface area contributed by atoms with E-state index < -0.39 is 10.0 Å². The van der Waals surface area contributed by atoms with Crippen molar-refractivity contribution >= 4 is 10.0 Å². The summed E-state index contributed by atoms with van der Waals surface area (Å²) in [5, 5.41) is 0. The summed E-state index contributed by atoms with van der Waals surface area (Å²) in [6.45, 7) is 0.343. The van der Waals surface area contributed by atoms with Gasteiger partial charge in [0.15, 0.2) is 0 Å². The molecule has 0 amide bonds. The van der Waals surface area contributed by atoms with E-state index in [4.69, 9.17) is 0 Å². The zero-order valence-electron chi connectivity index (χ0n) is 13.3. The van der Waals surface area contributed by atoms with Crippen LogP contribution >= 0.6 is 0 Å². The summed E-state index contributed by atoms with van der Waals surface area (Å²) in [5.41, 5.74) is 2.92. The smallest absolute Gasteiger partial charge is 0.243 e. The van der Waals surface area contributed by atoms with E-state index in [0.717, 1.165) is 16.7 Å². The summed E-state index contributed by atoms with van der Waals surface area (Å²) in [7, 11) is -1.92. The van der Waals surface area contributed by atoms with Crippen LogP contribution in [0.25, 0.3) is 11.1 Å². The molecule has 0 bridgehead atoms. The Balaban J connectivity index is 1.82. The molecule has 0 radical (unpaired) electrons. The maximum absolute atomic E-state index is 12.7. The highest BCUT2D eigenvalue weighted by atomic mass is 32.2. The van der Waals surface area contributed by atoms with Crippen molar-refractivity contribution in [2.75, 3.05) is 7.05 Å². The number of hydrogen-bond acceptors (Lipinski definition) is 3. The van der Waals surface area contributed by atoms with Crippen LogP contribution in [-0.4, -0.2) is 24.8 Å². The number of hydrogen-bond donors (Lipinski definition) is 0. The number of rotatable bonds is 5. The van der Waals surface area contributed by atoms with Gasteiger partial charge in [0.25, 0.3) is 0 Å². The Labute approximate surface area is 142 Å². The molecule has 122 valence electrons. The summed E-state index contributed by atoms with van der Waals surface area (Å²) in [6.07, 6.45) is 3.43. The zero-order valence-corrected chi connectivity index (χ0v) is 14.1. The van der Waals surface area contributed by atoms with Gasteiger partial charge in [-0.05, 0) is 41.0 Å². The second-order valence-electron chi connectivity index (χ2n) is 5.51. The van der Waals surface area contributed by atoms with Gasteiger partial charge >= 0.3 is 0 Å². The Morgan fingerprint density at radius 2 is 1.42 bits per heavy atom. The van der Waals surface area contributed by atoms with Crippen LogP contribution in [0.15, 0.2) is 84.0 Å². The Morgan fingerprint density at radius 3 is 2.04 bits per heavy atom. The Kier molecular flexibility index (Phi) is 4.74. The van der Waals surface area contributed by atoms with E-state index in [9.17, 15) is 8.42 Å². The molecule has 3 aromatic rings. The lowest BCUT2D eigenvalue weighted by Crippen LogP contribution is -2.26. The molecular weight excluding hydrogens is 320 g/mol. The SMILES string of the molecule is CN(Cc1ccccc1)S(=O)(=O)c1ccc(-c2ccncc2)cc1. The van der Waals surface area contributed by atoms with Crippen molar-refractivity contribution in [1.29, 1.82) is 0 Å². The average Bonchev–Trinajstić information content (AvgIpc) is 2.63. The second-order valence-corrected chi connectivity index (χ2v) is 7.55. The molecule has 0 saturated carbocycles. The lowest BCUT2D eigenvalue weighted by atomic mass is 10.1. The molecule has 0 saturated heterocycles. The number of pyridine rings is 1. The molecule has 0 fully saturated rings. The third-order valence-electron chi connectivity index (χ3n) is 3.82. The van der Waals surface area contributed by atoms with Gasteiger partial charge < -0.3 is 0 Å². The van der Waals surface area contributed by atoms with Crippen molar-refractivity contribution in [3.05, 3.63) is 84.7 Å². The number of aromatic nitrogens is 1. The zero-order chi connectivity index (χ0) is 17.0.